The van der Waals surface area contributed by atoms with Crippen molar-refractivity contribution >= 4 is 21.8 Å². The quantitative estimate of drug-likeness (QED) is 0.177. The van der Waals surface area contributed by atoms with E-state index in [1.54, 1.807) is 0 Å². The standard InChI is InChI=1S/C64H39N3/c1-4-19-47-43(15-1)44-16-2-6-21-49(44)59-39-42(67-62-28-11-9-22-53(62)54-23-10-12-29-63(54)67)32-35-51(59)50-33-30-40(37-57(47)50)60-26-13-27-61(66-60)41-31-34-52-56-25-14-36-65-64(56)55-24-8-7-18-46(55)45-17-3-5-20-48(45)58(52)38-41/h1-39H. The van der Waals surface area contributed by atoms with Crippen molar-refractivity contribution in [3.05, 3.63) is 237 Å². The lowest BCUT2D eigenvalue weighted by molar-refractivity contribution is 1.18. The van der Waals surface area contributed by atoms with Gasteiger partial charge in [0.1, 0.15) is 0 Å². The molecule has 0 spiro atoms. The molecule has 0 bridgehead atoms. The van der Waals surface area contributed by atoms with E-state index in [9.17, 15) is 0 Å². The molecule has 3 aromatic heterocycles. The van der Waals surface area contributed by atoms with Crippen molar-refractivity contribution in [1.82, 2.24) is 14.5 Å². The number of rotatable bonds is 3. The molecule has 0 saturated carbocycles. The van der Waals surface area contributed by atoms with Gasteiger partial charge in [-0.2, -0.15) is 0 Å². The predicted octanol–water partition coefficient (Wildman–Crippen LogP) is 16.9. The molecule has 12 aromatic rings. The SMILES string of the molecule is c1cc(-c2ccc3c(c2)-c2ccccc2-c2ccccc2-c2cc(-n4c5ccccc5c5ccccc54)ccc2-3)nc(-c2ccc3c(c2)-c2ccccc2-c2ccccc2-c2ncccc2-3)c1. The summed E-state index contributed by atoms with van der Waals surface area (Å²) in [5.74, 6) is 0. The highest BCUT2D eigenvalue weighted by Gasteiger charge is 2.26. The molecule has 0 unspecified atom stereocenters. The molecule has 0 atom stereocenters. The Morgan fingerprint density at radius 1 is 0.269 bits per heavy atom. The molecular formula is C64H39N3. The summed E-state index contributed by atoms with van der Waals surface area (Å²) in [6.07, 6.45) is 1.90. The normalized spacial score (nSPS) is 11.9. The van der Waals surface area contributed by atoms with Crippen molar-refractivity contribution in [2.75, 3.05) is 0 Å². The van der Waals surface area contributed by atoms with Gasteiger partial charge in [0, 0.05) is 44.9 Å². The van der Waals surface area contributed by atoms with Crippen LogP contribution in [0.3, 0.4) is 0 Å². The maximum Gasteiger partial charge on any atom is 0.0786 e. The van der Waals surface area contributed by atoms with Crippen molar-refractivity contribution in [2.24, 2.45) is 0 Å². The average molecular weight is 850 g/mol. The number of hydrogen-bond acceptors (Lipinski definition) is 2. The first-order valence-corrected chi connectivity index (χ1v) is 23.0. The summed E-state index contributed by atoms with van der Waals surface area (Å²) >= 11 is 0. The molecule has 14 rings (SSSR count). The lowest BCUT2D eigenvalue weighted by atomic mass is 9.80. The van der Waals surface area contributed by atoms with Gasteiger partial charge in [-0.25, -0.2) is 4.98 Å². The van der Waals surface area contributed by atoms with Gasteiger partial charge in [0.05, 0.1) is 28.1 Å². The van der Waals surface area contributed by atoms with Crippen LogP contribution in [0.1, 0.15) is 0 Å². The molecule has 310 valence electrons. The number of benzene rings is 9. The smallest absolute Gasteiger partial charge is 0.0786 e. The molecule has 9 aromatic carbocycles. The fraction of sp³-hybridized carbons (Fsp3) is 0. The lowest BCUT2D eigenvalue weighted by Crippen LogP contribution is -2.00. The van der Waals surface area contributed by atoms with Crippen molar-refractivity contribution in [3.63, 3.8) is 0 Å². The van der Waals surface area contributed by atoms with Gasteiger partial charge in [0.15, 0.2) is 0 Å². The Morgan fingerprint density at radius 2 is 0.657 bits per heavy atom. The Hall–Kier alpha value is -8.92. The maximum atomic E-state index is 5.44. The van der Waals surface area contributed by atoms with E-state index < -0.39 is 0 Å². The third-order valence-corrected chi connectivity index (χ3v) is 14.0. The number of hydrogen-bond donors (Lipinski definition) is 0. The van der Waals surface area contributed by atoms with Crippen LogP contribution in [0.25, 0.3) is 139 Å². The van der Waals surface area contributed by atoms with Gasteiger partial charge in [0.25, 0.3) is 0 Å². The first-order valence-electron chi connectivity index (χ1n) is 23.0. The zero-order chi connectivity index (χ0) is 44.0. The molecule has 67 heavy (non-hydrogen) atoms. The highest BCUT2D eigenvalue weighted by atomic mass is 15.0. The monoisotopic (exact) mass is 849 g/mol. The fourth-order valence-corrected chi connectivity index (χ4v) is 11.0. The lowest BCUT2D eigenvalue weighted by Gasteiger charge is -2.24. The first-order chi connectivity index (χ1) is 33.2. The van der Waals surface area contributed by atoms with Crippen LogP contribution in [-0.4, -0.2) is 14.5 Å². The van der Waals surface area contributed by atoms with Crippen molar-refractivity contribution < 1.29 is 0 Å². The summed E-state index contributed by atoms with van der Waals surface area (Å²) in [7, 11) is 0. The zero-order valence-corrected chi connectivity index (χ0v) is 36.4. The summed E-state index contributed by atoms with van der Waals surface area (Å²) in [5, 5.41) is 2.51. The highest BCUT2D eigenvalue weighted by molar-refractivity contribution is 6.10. The van der Waals surface area contributed by atoms with Crippen LogP contribution in [-0.2, 0) is 0 Å². The van der Waals surface area contributed by atoms with Crippen LogP contribution in [0, 0.1) is 0 Å². The Morgan fingerprint density at radius 3 is 1.19 bits per heavy atom. The van der Waals surface area contributed by atoms with Gasteiger partial charge in [-0.05, 0) is 127 Å². The van der Waals surface area contributed by atoms with Crippen LogP contribution in [0.15, 0.2) is 237 Å². The van der Waals surface area contributed by atoms with Crippen molar-refractivity contribution in [3.8, 4) is 117 Å². The Balaban J connectivity index is 0.926. The maximum absolute atomic E-state index is 5.44. The van der Waals surface area contributed by atoms with Crippen LogP contribution in [0.2, 0.25) is 0 Å². The molecular weight excluding hydrogens is 811 g/mol. The van der Waals surface area contributed by atoms with Crippen LogP contribution in [0.4, 0.5) is 0 Å². The van der Waals surface area contributed by atoms with Crippen molar-refractivity contribution in [1.29, 1.82) is 0 Å². The van der Waals surface area contributed by atoms with Gasteiger partial charge < -0.3 is 4.57 Å². The predicted molar refractivity (Wildman–Crippen MR) is 278 cm³/mol. The molecule has 0 amide bonds. The van der Waals surface area contributed by atoms with Gasteiger partial charge in [-0.3, -0.25) is 4.98 Å². The number of fused-ring (bicyclic) bond motifs is 19. The second kappa shape index (κ2) is 14.8. The second-order valence-electron chi connectivity index (χ2n) is 17.6. The second-order valence-corrected chi connectivity index (χ2v) is 17.6. The van der Waals surface area contributed by atoms with Crippen molar-refractivity contribution in [2.45, 2.75) is 0 Å². The number of nitrogens with zero attached hydrogens (tertiary/aromatic N) is 3. The number of para-hydroxylation sites is 2. The molecule has 0 aliphatic heterocycles. The summed E-state index contributed by atoms with van der Waals surface area (Å²) in [5.41, 5.74) is 26.4. The van der Waals surface area contributed by atoms with Crippen LogP contribution < -0.4 is 0 Å². The first kappa shape index (κ1) is 37.5. The Labute approximate surface area is 388 Å². The fourth-order valence-electron chi connectivity index (χ4n) is 11.0. The van der Waals surface area contributed by atoms with E-state index in [0.29, 0.717) is 0 Å². The van der Waals surface area contributed by atoms with Gasteiger partial charge >= 0.3 is 0 Å². The largest absolute Gasteiger partial charge is 0.309 e. The topological polar surface area (TPSA) is 30.7 Å². The van der Waals surface area contributed by atoms with E-state index in [0.717, 1.165) is 50.6 Å². The average Bonchev–Trinajstić information content (AvgIpc) is 3.74. The number of pyridine rings is 2. The molecule has 0 N–H and O–H groups in total. The molecule has 3 nitrogen and oxygen atoms in total. The summed E-state index contributed by atoms with van der Waals surface area (Å²) in [4.78, 5) is 10.4. The van der Waals surface area contributed by atoms with E-state index in [1.165, 1.54) is 88.6 Å². The van der Waals surface area contributed by atoms with E-state index >= 15 is 0 Å². The molecule has 3 heterocycles. The minimum Gasteiger partial charge on any atom is -0.309 e. The van der Waals surface area contributed by atoms with Crippen LogP contribution >= 0.6 is 0 Å². The molecule has 2 aliphatic rings. The highest BCUT2D eigenvalue weighted by Crippen LogP contribution is 2.51. The molecule has 0 fully saturated rings. The molecule has 0 radical (unpaired) electrons. The third kappa shape index (κ3) is 5.78. The van der Waals surface area contributed by atoms with E-state index in [2.05, 4.69) is 229 Å². The molecule has 0 saturated heterocycles. The zero-order valence-electron chi connectivity index (χ0n) is 36.4. The summed E-state index contributed by atoms with van der Waals surface area (Å²) in [6.45, 7) is 0. The summed E-state index contributed by atoms with van der Waals surface area (Å²) < 4.78 is 2.42. The van der Waals surface area contributed by atoms with E-state index in [4.69, 9.17) is 9.97 Å². The third-order valence-electron chi connectivity index (χ3n) is 14.0. The minimum atomic E-state index is 0.927. The van der Waals surface area contributed by atoms with Gasteiger partial charge in [-0.1, -0.05) is 176 Å². The molecule has 3 heteroatoms. The molecule has 2 aliphatic carbocycles. The van der Waals surface area contributed by atoms with E-state index in [1.807, 2.05) is 12.3 Å². The van der Waals surface area contributed by atoms with Gasteiger partial charge in [-0.15, -0.1) is 0 Å². The minimum absolute atomic E-state index is 0.927. The summed E-state index contributed by atoms with van der Waals surface area (Å²) in [6, 6.07) is 84.1. The Bertz CT molecular complexity index is 3940. The van der Waals surface area contributed by atoms with Gasteiger partial charge in [0.2, 0.25) is 0 Å². The van der Waals surface area contributed by atoms with E-state index in [-0.39, 0.29) is 0 Å². The van der Waals surface area contributed by atoms with Crippen LogP contribution in [0.5, 0.6) is 0 Å². The Kier molecular flexibility index (Phi) is 8.28. The number of aromatic nitrogens is 3.